The van der Waals surface area contributed by atoms with E-state index in [2.05, 4.69) is 15.2 Å². The van der Waals surface area contributed by atoms with E-state index in [1.165, 1.54) is 48.0 Å². The number of likely N-dealkylation sites (tertiary alicyclic amines) is 1. The maximum Gasteiger partial charge on any atom is 0.236 e. The van der Waals surface area contributed by atoms with Crippen LogP contribution in [0.5, 0.6) is 0 Å². The molecule has 0 bridgehead atoms. The molecular weight excluding hydrogens is 322 g/mol. The average molecular weight is 342 g/mol. The molecule has 1 saturated heterocycles. The summed E-state index contributed by atoms with van der Waals surface area (Å²) in [6.07, 6.45) is 7.02. The number of carbonyl (C=O) groups is 1. The zero-order chi connectivity index (χ0) is 14.7. The highest BCUT2D eigenvalue weighted by Crippen LogP contribution is 2.29. The number of carbonyl (C=O) groups excluding carboxylic acids is 1. The molecule has 3 rings (SSSR count). The zero-order valence-corrected chi connectivity index (χ0v) is 14.3. The van der Waals surface area contributed by atoms with Crippen molar-refractivity contribution in [2.24, 2.45) is 0 Å². The van der Waals surface area contributed by atoms with Crippen LogP contribution in [-0.4, -0.2) is 39.0 Å². The molecule has 1 aromatic heterocycles. The van der Waals surface area contributed by atoms with Gasteiger partial charge in [0.05, 0.1) is 11.4 Å². The van der Waals surface area contributed by atoms with Gasteiger partial charge in [0.2, 0.25) is 5.91 Å². The summed E-state index contributed by atoms with van der Waals surface area (Å²) in [7, 11) is 0. The van der Waals surface area contributed by atoms with Crippen molar-refractivity contribution >= 4 is 50.7 Å². The highest BCUT2D eigenvalue weighted by atomic mass is 32.2. The molecule has 114 valence electrons. The monoisotopic (exact) mass is 341 g/mol. The number of amides is 1. The summed E-state index contributed by atoms with van der Waals surface area (Å²) in [5, 5.41) is 3.66. The van der Waals surface area contributed by atoms with Gasteiger partial charge in [-0.3, -0.25) is 4.79 Å². The molecule has 2 heterocycles. The van der Waals surface area contributed by atoms with Gasteiger partial charge in [-0.1, -0.05) is 24.0 Å². The molecule has 7 heteroatoms. The summed E-state index contributed by atoms with van der Waals surface area (Å²) in [5.41, 5.74) is 1.18. The van der Waals surface area contributed by atoms with Crippen molar-refractivity contribution < 1.29 is 4.79 Å². The Morgan fingerprint density at radius 3 is 2.81 bits per heavy atom. The molecule has 0 atom stereocenters. The SMILES string of the molecule is O=C(CSC(=S)N1CCCC1)Nc1nc2c(s1)CCCC2. The van der Waals surface area contributed by atoms with Crippen molar-refractivity contribution in [3.8, 4) is 0 Å². The third-order valence-electron chi connectivity index (χ3n) is 3.78. The number of fused-ring (bicyclic) bond motifs is 1. The second kappa shape index (κ2) is 7.07. The minimum absolute atomic E-state index is 0.00681. The normalized spacial score (nSPS) is 17.6. The first-order valence-electron chi connectivity index (χ1n) is 7.42. The van der Waals surface area contributed by atoms with E-state index in [1.54, 1.807) is 11.3 Å². The molecule has 1 aliphatic heterocycles. The van der Waals surface area contributed by atoms with Gasteiger partial charge in [0.25, 0.3) is 0 Å². The van der Waals surface area contributed by atoms with Crippen LogP contribution in [0.3, 0.4) is 0 Å². The molecule has 4 nitrogen and oxygen atoms in total. The number of thiazole rings is 1. The van der Waals surface area contributed by atoms with Crippen LogP contribution >= 0.6 is 35.3 Å². The molecule has 0 unspecified atom stereocenters. The Hall–Kier alpha value is -0.660. The van der Waals surface area contributed by atoms with Gasteiger partial charge in [-0.15, -0.1) is 11.3 Å². The molecule has 1 N–H and O–H groups in total. The number of aryl methyl sites for hydroxylation is 2. The second-order valence-electron chi connectivity index (χ2n) is 5.39. The maximum absolute atomic E-state index is 12.0. The first kappa shape index (κ1) is 15.2. The summed E-state index contributed by atoms with van der Waals surface area (Å²) < 4.78 is 0.848. The Balaban J connectivity index is 1.47. The van der Waals surface area contributed by atoms with Crippen LogP contribution in [0.4, 0.5) is 5.13 Å². The first-order valence-corrected chi connectivity index (χ1v) is 9.63. The Bertz CT molecular complexity index is 514. The predicted octanol–water partition coefficient (Wildman–Crippen LogP) is 3.07. The molecular formula is C14H19N3OS3. The van der Waals surface area contributed by atoms with Crippen LogP contribution in [0, 0.1) is 0 Å². The maximum atomic E-state index is 12.0. The van der Waals surface area contributed by atoms with Gasteiger partial charge in [-0.2, -0.15) is 0 Å². The van der Waals surface area contributed by atoms with E-state index < -0.39 is 0 Å². The highest BCUT2D eigenvalue weighted by Gasteiger charge is 2.18. The van der Waals surface area contributed by atoms with Gasteiger partial charge in [-0.25, -0.2) is 4.98 Å². The van der Waals surface area contributed by atoms with Gasteiger partial charge in [0.15, 0.2) is 5.13 Å². The van der Waals surface area contributed by atoms with Gasteiger partial charge in [0.1, 0.15) is 4.32 Å². The largest absolute Gasteiger partial charge is 0.358 e. The van der Waals surface area contributed by atoms with Crippen molar-refractivity contribution in [3.05, 3.63) is 10.6 Å². The molecule has 1 aliphatic carbocycles. The fourth-order valence-corrected chi connectivity index (χ4v) is 4.80. The summed E-state index contributed by atoms with van der Waals surface area (Å²) in [6, 6.07) is 0. The number of thiocarbonyl (C=S) groups is 1. The fourth-order valence-electron chi connectivity index (χ4n) is 2.68. The number of hydrogen-bond acceptors (Lipinski definition) is 5. The van der Waals surface area contributed by atoms with E-state index in [4.69, 9.17) is 12.2 Å². The van der Waals surface area contributed by atoms with Gasteiger partial charge >= 0.3 is 0 Å². The lowest BCUT2D eigenvalue weighted by molar-refractivity contribution is -0.113. The Kier molecular flexibility index (Phi) is 5.13. The number of thioether (sulfide) groups is 1. The quantitative estimate of drug-likeness (QED) is 0.856. The molecule has 2 aliphatic rings. The number of nitrogens with zero attached hydrogens (tertiary/aromatic N) is 2. The van der Waals surface area contributed by atoms with E-state index in [9.17, 15) is 4.79 Å². The second-order valence-corrected chi connectivity index (χ2v) is 8.09. The van der Waals surface area contributed by atoms with Gasteiger partial charge < -0.3 is 10.2 Å². The lowest BCUT2D eigenvalue weighted by Crippen LogP contribution is -2.25. The number of aromatic nitrogens is 1. The van der Waals surface area contributed by atoms with Crippen LogP contribution in [0.15, 0.2) is 0 Å². The highest BCUT2D eigenvalue weighted by molar-refractivity contribution is 8.23. The van der Waals surface area contributed by atoms with E-state index in [0.29, 0.717) is 5.75 Å². The minimum atomic E-state index is -0.00681. The van der Waals surface area contributed by atoms with Crippen LogP contribution in [-0.2, 0) is 17.6 Å². The first-order chi connectivity index (χ1) is 10.2. The van der Waals surface area contributed by atoms with Crippen molar-refractivity contribution in [3.63, 3.8) is 0 Å². The van der Waals surface area contributed by atoms with Crippen molar-refractivity contribution in [2.45, 2.75) is 38.5 Å². The number of rotatable bonds is 3. The topological polar surface area (TPSA) is 45.2 Å². The third kappa shape index (κ3) is 3.96. The number of anilines is 1. The lowest BCUT2D eigenvalue weighted by Gasteiger charge is -2.17. The van der Waals surface area contributed by atoms with Crippen LogP contribution in [0.25, 0.3) is 0 Å². The third-order valence-corrected chi connectivity index (χ3v) is 6.38. The average Bonchev–Trinajstić information content (AvgIpc) is 3.13. The predicted molar refractivity (Wildman–Crippen MR) is 93.2 cm³/mol. The summed E-state index contributed by atoms with van der Waals surface area (Å²) in [6.45, 7) is 2.07. The van der Waals surface area contributed by atoms with Crippen LogP contribution < -0.4 is 5.32 Å². The van der Waals surface area contributed by atoms with E-state index in [-0.39, 0.29) is 5.91 Å². The van der Waals surface area contributed by atoms with Crippen molar-refractivity contribution in [1.29, 1.82) is 0 Å². The molecule has 0 saturated carbocycles. The Labute approximate surface area is 138 Å². The molecule has 0 radical (unpaired) electrons. The Morgan fingerprint density at radius 2 is 2.05 bits per heavy atom. The number of hydrogen-bond donors (Lipinski definition) is 1. The fraction of sp³-hybridized carbons (Fsp3) is 0.643. The number of nitrogens with one attached hydrogen (secondary N) is 1. The van der Waals surface area contributed by atoms with Crippen molar-refractivity contribution in [1.82, 2.24) is 9.88 Å². The molecule has 1 amide bonds. The smallest absolute Gasteiger partial charge is 0.236 e. The van der Waals surface area contributed by atoms with Crippen molar-refractivity contribution in [2.75, 3.05) is 24.2 Å². The Morgan fingerprint density at radius 1 is 1.29 bits per heavy atom. The molecule has 0 spiro atoms. The minimum Gasteiger partial charge on any atom is -0.358 e. The summed E-state index contributed by atoms with van der Waals surface area (Å²) in [4.78, 5) is 20.1. The standard InChI is InChI=1S/C14H19N3OS3/c18-12(9-20-14(19)17-7-3-4-8-17)16-13-15-10-5-1-2-6-11(10)21-13/h1-9H2,(H,15,16,18). The summed E-state index contributed by atoms with van der Waals surface area (Å²) >= 11 is 8.45. The van der Waals surface area contributed by atoms with Gasteiger partial charge in [-0.05, 0) is 38.5 Å². The van der Waals surface area contributed by atoms with Gasteiger partial charge in [0, 0.05) is 18.0 Å². The molecule has 0 aromatic carbocycles. The van der Waals surface area contributed by atoms with E-state index in [1.807, 2.05) is 0 Å². The summed E-state index contributed by atoms with van der Waals surface area (Å²) in [5.74, 6) is 0.368. The lowest BCUT2D eigenvalue weighted by atomic mass is 10.0. The van der Waals surface area contributed by atoms with E-state index >= 15 is 0 Å². The zero-order valence-electron chi connectivity index (χ0n) is 11.9. The van der Waals surface area contributed by atoms with Crippen LogP contribution in [0.2, 0.25) is 0 Å². The molecule has 1 aromatic rings. The molecule has 21 heavy (non-hydrogen) atoms. The van der Waals surface area contributed by atoms with E-state index in [0.717, 1.165) is 35.4 Å². The molecule has 1 fully saturated rings. The van der Waals surface area contributed by atoms with Crippen LogP contribution in [0.1, 0.15) is 36.3 Å².